The summed E-state index contributed by atoms with van der Waals surface area (Å²) in [7, 11) is 0. The van der Waals surface area contributed by atoms with Crippen LogP contribution in [-0.2, 0) is 6.42 Å². The van der Waals surface area contributed by atoms with E-state index in [2.05, 4.69) is 34.0 Å². The fourth-order valence-electron chi connectivity index (χ4n) is 3.11. The summed E-state index contributed by atoms with van der Waals surface area (Å²) in [6.07, 6.45) is 3.46. The SMILES string of the molecule is CCCc1ccc(-c2cc3c(N)ncnc3nc2-c2ccc([N+](=O)[O-])s2)cc1. The maximum atomic E-state index is 11.1. The molecule has 1 aromatic carbocycles. The van der Waals surface area contributed by atoms with Crippen LogP contribution in [0.4, 0.5) is 10.8 Å². The van der Waals surface area contributed by atoms with Crippen molar-refractivity contribution in [1.82, 2.24) is 15.0 Å². The lowest BCUT2D eigenvalue weighted by molar-refractivity contribution is -0.380. The van der Waals surface area contributed by atoms with Gasteiger partial charge in [-0.3, -0.25) is 10.1 Å². The summed E-state index contributed by atoms with van der Waals surface area (Å²) in [5.74, 6) is 0.352. The van der Waals surface area contributed by atoms with E-state index in [9.17, 15) is 10.1 Å². The number of benzene rings is 1. The van der Waals surface area contributed by atoms with Crippen LogP contribution >= 0.6 is 11.3 Å². The molecule has 0 atom stereocenters. The first-order valence-electron chi connectivity index (χ1n) is 8.82. The smallest absolute Gasteiger partial charge is 0.324 e. The lowest BCUT2D eigenvalue weighted by Crippen LogP contribution is -1.97. The molecule has 8 heteroatoms. The molecule has 3 aromatic heterocycles. The maximum Gasteiger partial charge on any atom is 0.324 e. The van der Waals surface area contributed by atoms with Gasteiger partial charge >= 0.3 is 5.00 Å². The normalized spacial score (nSPS) is 11.0. The molecule has 28 heavy (non-hydrogen) atoms. The Bertz CT molecular complexity index is 1170. The zero-order valence-electron chi connectivity index (χ0n) is 15.1. The fraction of sp³-hybridized carbons (Fsp3) is 0.150. The Morgan fingerprint density at radius 1 is 1.14 bits per heavy atom. The molecule has 0 bridgehead atoms. The molecule has 4 aromatic rings. The second-order valence-corrected chi connectivity index (χ2v) is 7.42. The monoisotopic (exact) mass is 391 g/mol. The predicted octanol–water partition coefficient (Wildman–Crippen LogP) is 4.86. The highest BCUT2D eigenvalue weighted by Crippen LogP contribution is 2.39. The maximum absolute atomic E-state index is 11.1. The van der Waals surface area contributed by atoms with Crippen molar-refractivity contribution >= 4 is 33.2 Å². The Hall–Kier alpha value is -3.39. The van der Waals surface area contributed by atoms with Crippen LogP contribution in [0.5, 0.6) is 0 Å². The van der Waals surface area contributed by atoms with E-state index in [0.29, 0.717) is 27.4 Å². The van der Waals surface area contributed by atoms with Gasteiger partial charge in [-0.05, 0) is 29.7 Å². The fourth-order valence-corrected chi connectivity index (χ4v) is 3.93. The highest BCUT2D eigenvalue weighted by atomic mass is 32.1. The van der Waals surface area contributed by atoms with Crippen LogP contribution in [0.3, 0.4) is 0 Å². The van der Waals surface area contributed by atoms with Crippen LogP contribution in [-0.4, -0.2) is 19.9 Å². The summed E-state index contributed by atoms with van der Waals surface area (Å²) in [6.45, 7) is 2.14. The van der Waals surface area contributed by atoms with Crippen molar-refractivity contribution in [2.24, 2.45) is 0 Å². The Kier molecular flexibility index (Phi) is 4.70. The molecule has 0 aliphatic heterocycles. The number of nitrogens with zero attached hydrogens (tertiary/aromatic N) is 4. The van der Waals surface area contributed by atoms with Crippen molar-refractivity contribution in [1.29, 1.82) is 0 Å². The molecule has 0 radical (unpaired) electrons. The van der Waals surface area contributed by atoms with Crippen LogP contribution < -0.4 is 5.73 Å². The average Bonchev–Trinajstić information content (AvgIpc) is 3.19. The number of pyridine rings is 1. The number of nitrogens with two attached hydrogens (primary N) is 1. The van der Waals surface area contributed by atoms with E-state index < -0.39 is 4.92 Å². The van der Waals surface area contributed by atoms with E-state index in [4.69, 9.17) is 5.73 Å². The van der Waals surface area contributed by atoms with Crippen LogP contribution in [0.1, 0.15) is 18.9 Å². The second kappa shape index (κ2) is 7.32. The molecule has 0 amide bonds. The van der Waals surface area contributed by atoms with E-state index in [-0.39, 0.29) is 5.00 Å². The molecule has 0 saturated carbocycles. The van der Waals surface area contributed by atoms with E-state index in [0.717, 1.165) is 35.3 Å². The summed E-state index contributed by atoms with van der Waals surface area (Å²) >= 11 is 1.09. The van der Waals surface area contributed by atoms with Crippen molar-refractivity contribution in [3.05, 3.63) is 64.5 Å². The van der Waals surface area contributed by atoms with Gasteiger partial charge in [0.1, 0.15) is 12.1 Å². The quantitative estimate of drug-likeness (QED) is 0.384. The van der Waals surface area contributed by atoms with Gasteiger partial charge in [0.2, 0.25) is 0 Å². The number of nitrogen functional groups attached to an aromatic ring is 1. The molecule has 2 N–H and O–H groups in total. The third kappa shape index (κ3) is 3.29. The Labute approximate surface area is 165 Å². The number of nitro groups is 1. The van der Waals surface area contributed by atoms with Crippen molar-refractivity contribution < 1.29 is 4.92 Å². The highest BCUT2D eigenvalue weighted by molar-refractivity contribution is 7.18. The van der Waals surface area contributed by atoms with Crippen molar-refractivity contribution in [3.63, 3.8) is 0 Å². The van der Waals surface area contributed by atoms with Gasteiger partial charge in [0.25, 0.3) is 0 Å². The van der Waals surface area contributed by atoms with Gasteiger partial charge in [-0.1, -0.05) is 48.9 Å². The standard InChI is InChI=1S/C20H17N5O2S/c1-2-3-12-4-6-13(7-5-12)14-10-15-19(21)22-11-23-20(15)24-18(14)16-8-9-17(28-16)25(26)27/h4-11H,2-3H2,1H3,(H2,21,22,23,24). The Morgan fingerprint density at radius 2 is 1.93 bits per heavy atom. The number of aryl methyl sites for hydroxylation is 1. The highest BCUT2D eigenvalue weighted by Gasteiger charge is 2.18. The molecule has 3 heterocycles. The van der Waals surface area contributed by atoms with Crippen molar-refractivity contribution in [2.45, 2.75) is 19.8 Å². The summed E-state index contributed by atoms with van der Waals surface area (Å²) in [6, 6.07) is 13.4. The topological polar surface area (TPSA) is 108 Å². The number of hydrogen-bond donors (Lipinski definition) is 1. The van der Waals surface area contributed by atoms with E-state index in [1.807, 2.05) is 18.2 Å². The zero-order valence-corrected chi connectivity index (χ0v) is 15.9. The lowest BCUT2D eigenvalue weighted by Gasteiger charge is -2.11. The van der Waals surface area contributed by atoms with Crippen LogP contribution in [0.2, 0.25) is 0 Å². The minimum atomic E-state index is -0.394. The van der Waals surface area contributed by atoms with Gasteiger partial charge in [0.05, 0.1) is 20.9 Å². The van der Waals surface area contributed by atoms with Crippen LogP contribution in [0.25, 0.3) is 32.7 Å². The van der Waals surface area contributed by atoms with Crippen molar-refractivity contribution in [3.8, 4) is 21.7 Å². The number of rotatable bonds is 5. The van der Waals surface area contributed by atoms with E-state index >= 15 is 0 Å². The van der Waals surface area contributed by atoms with E-state index in [1.54, 1.807) is 6.07 Å². The van der Waals surface area contributed by atoms with Gasteiger partial charge in [0, 0.05) is 11.6 Å². The minimum absolute atomic E-state index is 0.0725. The molecule has 0 aliphatic rings. The lowest BCUT2D eigenvalue weighted by atomic mass is 9.99. The number of anilines is 1. The van der Waals surface area contributed by atoms with Crippen molar-refractivity contribution in [2.75, 3.05) is 5.73 Å². The van der Waals surface area contributed by atoms with Gasteiger partial charge in [-0.25, -0.2) is 15.0 Å². The molecular formula is C20H17N5O2S. The minimum Gasteiger partial charge on any atom is -0.383 e. The first-order valence-corrected chi connectivity index (χ1v) is 9.63. The number of fused-ring (bicyclic) bond motifs is 1. The third-order valence-corrected chi connectivity index (χ3v) is 5.51. The first-order chi connectivity index (χ1) is 13.6. The second-order valence-electron chi connectivity index (χ2n) is 6.36. The number of aromatic nitrogens is 3. The molecule has 0 fully saturated rings. The van der Waals surface area contributed by atoms with Gasteiger partial charge in [-0.15, -0.1) is 0 Å². The summed E-state index contributed by atoms with van der Waals surface area (Å²) in [5, 5.41) is 11.8. The van der Waals surface area contributed by atoms with E-state index in [1.165, 1.54) is 18.0 Å². The Balaban J connectivity index is 1.93. The third-order valence-electron chi connectivity index (χ3n) is 4.46. The van der Waals surface area contributed by atoms with Crippen LogP contribution in [0.15, 0.2) is 48.8 Å². The average molecular weight is 391 g/mol. The molecule has 4 rings (SSSR count). The number of thiophene rings is 1. The Morgan fingerprint density at radius 3 is 2.61 bits per heavy atom. The summed E-state index contributed by atoms with van der Waals surface area (Å²) in [5.41, 5.74) is 10.2. The molecule has 140 valence electrons. The van der Waals surface area contributed by atoms with Gasteiger partial charge in [0.15, 0.2) is 5.65 Å². The van der Waals surface area contributed by atoms with Crippen LogP contribution in [0, 0.1) is 10.1 Å². The molecular weight excluding hydrogens is 374 g/mol. The molecule has 0 aliphatic carbocycles. The summed E-state index contributed by atoms with van der Waals surface area (Å²) < 4.78 is 0. The molecule has 0 spiro atoms. The number of hydrogen-bond acceptors (Lipinski definition) is 7. The molecule has 0 saturated heterocycles. The van der Waals surface area contributed by atoms with Gasteiger partial charge in [-0.2, -0.15) is 0 Å². The predicted molar refractivity (Wildman–Crippen MR) is 111 cm³/mol. The first kappa shape index (κ1) is 18.0. The zero-order chi connectivity index (χ0) is 19.7. The molecule has 0 unspecified atom stereocenters. The summed E-state index contributed by atoms with van der Waals surface area (Å²) in [4.78, 5) is 24.4. The van der Waals surface area contributed by atoms with Gasteiger partial charge < -0.3 is 5.73 Å². The molecule has 7 nitrogen and oxygen atoms in total. The largest absolute Gasteiger partial charge is 0.383 e.